The molecular weight excluding hydrogens is 1080 g/mol. The van der Waals surface area contributed by atoms with E-state index in [1.165, 1.54) is 6.20 Å². The number of pyridine rings is 1. The number of carboxylic acids is 1. The minimum Gasteiger partial charge on any atom is -0.480 e. The van der Waals surface area contributed by atoms with Gasteiger partial charge >= 0.3 is 11.9 Å². The number of rotatable bonds is 26. The fourth-order valence-electron chi connectivity index (χ4n) is 9.15. The molecule has 1 saturated heterocycles. The van der Waals surface area contributed by atoms with Gasteiger partial charge in [-0.05, 0) is 118 Å². The van der Waals surface area contributed by atoms with Gasteiger partial charge in [-0.15, -0.1) is 0 Å². The number of nitrogens with one attached hydrogen (secondary N) is 5. The third kappa shape index (κ3) is 23.1. The number of H-pyrrole nitrogens is 1. The van der Waals surface area contributed by atoms with E-state index in [9.17, 15) is 37.5 Å². The summed E-state index contributed by atoms with van der Waals surface area (Å²) in [6.45, 7) is 28.8. The monoisotopic (exact) mass is 1170 g/mol. The van der Waals surface area contributed by atoms with Crippen molar-refractivity contribution in [3.8, 4) is 0 Å². The predicted octanol–water partition coefficient (Wildman–Crippen LogP) is 3.99. The molecule has 6 N–H and O–H groups in total. The average molecular weight is 1170 g/mol. The highest BCUT2D eigenvalue weighted by atomic mass is 32.2. The molecule has 82 heavy (non-hydrogen) atoms. The molecule has 5 rings (SSSR count). The molecule has 2 aromatic carbocycles. The van der Waals surface area contributed by atoms with Crippen LogP contribution in [-0.4, -0.2) is 199 Å². The molecule has 1 aliphatic rings. The van der Waals surface area contributed by atoms with Gasteiger partial charge in [0.1, 0.15) is 17.2 Å². The standard InChI is InChI=1S/C57H89N11O13S/c1-40-32-41(2)51(42(3)33-40)82(75,76)63-46(53(73)74)36-61-52(72)45-37-68(47-34-43(14-15-44(47)50(45)71)35-62-54-59-17-18-60-54)19-13-16-58-48(69)38-66-24-22-64(28-30-77-80-56(7,8)9)20-21-65(29-31-78-81-57(10,11)12)23-25-67(27-26-66)39-49(70)79-55(4,5)6/h14-15,17-18,32-34,37,46,63H,13,16,19-31,35-36,38-39H2,1-12H3,(H,58,69)(H,61,72)(H,73,74)(H2,59,60,62). The fourth-order valence-corrected chi connectivity index (χ4v) is 10.8. The lowest BCUT2D eigenvalue weighted by Crippen LogP contribution is -2.49. The smallest absolute Gasteiger partial charge is 0.323 e. The Morgan fingerprint density at radius 1 is 0.744 bits per heavy atom. The van der Waals surface area contributed by atoms with Crippen LogP contribution in [0.2, 0.25) is 0 Å². The van der Waals surface area contributed by atoms with Crippen molar-refractivity contribution in [2.24, 2.45) is 0 Å². The Balaban J connectivity index is 1.32. The number of aryl methyl sites for hydroxylation is 4. The number of ether oxygens (including phenoxy) is 1. The van der Waals surface area contributed by atoms with Crippen LogP contribution in [0, 0.1) is 20.8 Å². The molecule has 0 radical (unpaired) electrons. The first-order valence-electron chi connectivity index (χ1n) is 27.9. The summed E-state index contributed by atoms with van der Waals surface area (Å²) in [5, 5.41) is 19.0. The van der Waals surface area contributed by atoms with Crippen molar-refractivity contribution in [2.45, 2.75) is 130 Å². The lowest BCUT2D eigenvalue weighted by atomic mass is 10.1. The third-order valence-electron chi connectivity index (χ3n) is 12.9. The molecular formula is C57H89N11O13S. The number of aromatic amines is 1. The summed E-state index contributed by atoms with van der Waals surface area (Å²) in [6.07, 6.45) is 5.06. The normalized spacial score (nSPS) is 15.6. The molecule has 1 fully saturated rings. The summed E-state index contributed by atoms with van der Waals surface area (Å²) in [4.78, 5) is 106. The van der Waals surface area contributed by atoms with E-state index in [1.807, 2.05) is 75.3 Å². The van der Waals surface area contributed by atoms with Gasteiger partial charge in [0, 0.05) is 116 Å². The number of imidazole rings is 1. The van der Waals surface area contributed by atoms with Crippen LogP contribution in [0.4, 0.5) is 5.95 Å². The van der Waals surface area contributed by atoms with Crippen molar-refractivity contribution < 1.29 is 57.0 Å². The number of hydrogen-bond donors (Lipinski definition) is 6. The van der Waals surface area contributed by atoms with Crippen molar-refractivity contribution in [3.63, 3.8) is 0 Å². The van der Waals surface area contributed by atoms with Crippen LogP contribution in [0.5, 0.6) is 0 Å². The zero-order chi connectivity index (χ0) is 60.4. The van der Waals surface area contributed by atoms with Crippen molar-refractivity contribution >= 4 is 50.6 Å². The van der Waals surface area contributed by atoms with Gasteiger partial charge in [0.05, 0.1) is 47.9 Å². The number of hydrogen-bond acceptors (Lipinski definition) is 18. The lowest BCUT2D eigenvalue weighted by molar-refractivity contribution is -0.349. The minimum absolute atomic E-state index is 0.0595. The Morgan fingerprint density at radius 3 is 1.83 bits per heavy atom. The quantitative estimate of drug-likeness (QED) is 0.0224. The summed E-state index contributed by atoms with van der Waals surface area (Å²) in [6, 6.07) is 6.76. The number of anilines is 1. The van der Waals surface area contributed by atoms with Crippen LogP contribution in [-0.2, 0) is 61.8 Å². The molecule has 2 amide bonds. The van der Waals surface area contributed by atoms with E-state index in [1.54, 1.807) is 55.1 Å². The molecule has 1 atom stereocenters. The van der Waals surface area contributed by atoms with E-state index < -0.39 is 56.7 Å². The summed E-state index contributed by atoms with van der Waals surface area (Å²) in [7, 11) is -4.35. The Labute approximate surface area is 482 Å². The molecule has 3 heterocycles. The maximum absolute atomic E-state index is 14.1. The van der Waals surface area contributed by atoms with Gasteiger partial charge in [0.2, 0.25) is 21.4 Å². The number of nitrogens with zero attached hydrogens (tertiary/aromatic N) is 6. The van der Waals surface area contributed by atoms with E-state index in [2.05, 4.69) is 50.2 Å². The zero-order valence-electron chi connectivity index (χ0n) is 50.1. The van der Waals surface area contributed by atoms with Crippen LogP contribution in [0.15, 0.2) is 58.6 Å². The molecule has 25 heteroatoms. The van der Waals surface area contributed by atoms with E-state index in [-0.39, 0.29) is 53.9 Å². The SMILES string of the molecule is Cc1cc(C)c(S(=O)(=O)NC(CNC(=O)c2cn(CCCNC(=O)CN3CCN(CCOOC(C)(C)C)CCN(CCOOC(C)(C)C)CCN(CC(=O)OC(C)(C)C)CC3)c3cc(CNc4ncc[nH]4)ccc3c2=O)C(=O)O)c(C)c1. The highest BCUT2D eigenvalue weighted by Gasteiger charge is 2.30. The summed E-state index contributed by atoms with van der Waals surface area (Å²) in [5.41, 5.74) is 0.483. The molecule has 2 aromatic heterocycles. The van der Waals surface area contributed by atoms with Crippen LogP contribution < -0.4 is 26.1 Å². The van der Waals surface area contributed by atoms with Crippen molar-refractivity contribution in [2.75, 3.05) is 110 Å². The number of carboxylic acid groups (broad SMARTS) is 1. The van der Waals surface area contributed by atoms with Gasteiger partial charge in [-0.25, -0.2) is 33.0 Å². The number of aromatic nitrogens is 3. The lowest BCUT2D eigenvalue weighted by Gasteiger charge is -2.34. The third-order valence-corrected chi connectivity index (χ3v) is 14.6. The zero-order valence-corrected chi connectivity index (χ0v) is 50.9. The Morgan fingerprint density at radius 2 is 1.30 bits per heavy atom. The summed E-state index contributed by atoms with van der Waals surface area (Å²) < 4.78 is 36.8. The largest absolute Gasteiger partial charge is 0.480 e. The first-order valence-corrected chi connectivity index (χ1v) is 29.4. The number of fused-ring (bicyclic) bond motifs is 1. The number of benzene rings is 2. The number of amides is 2. The van der Waals surface area contributed by atoms with E-state index in [4.69, 9.17) is 24.3 Å². The van der Waals surface area contributed by atoms with Crippen LogP contribution >= 0.6 is 0 Å². The topological polar surface area (TPSA) is 281 Å². The van der Waals surface area contributed by atoms with E-state index >= 15 is 0 Å². The second-order valence-electron chi connectivity index (χ2n) is 23.7. The van der Waals surface area contributed by atoms with Gasteiger partial charge in [-0.1, -0.05) is 23.8 Å². The molecule has 24 nitrogen and oxygen atoms in total. The number of sulfonamides is 1. The van der Waals surface area contributed by atoms with Crippen LogP contribution in [0.1, 0.15) is 101 Å². The van der Waals surface area contributed by atoms with Crippen molar-refractivity contribution in [1.29, 1.82) is 0 Å². The van der Waals surface area contributed by atoms with Gasteiger partial charge in [0.15, 0.2) is 5.95 Å². The Kier molecular flexibility index (Phi) is 25.0. The molecule has 4 aromatic rings. The van der Waals surface area contributed by atoms with Gasteiger partial charge in [-0.3, -0.25) is 43.6 Å². The fraction of sp³-hybridized carbons (Fsp3) is 0.614. The Bertz CT molecular complexity index is 2890. The first-order chi connectivity index (χ1) is 38.4. The molecule has 1 unspecified atom stereocenters. The molecule has 0 aliphatic carbocycles. The second kappa shape index (κ2) is 30.6. The molecule has 456 valence electrons. The number of aliphatic carboxylic acids is 1. The molecule has 0 spiro atoms. The maximum Gasteiger partial charge on any atom is 0.323 e. The summed E-state index contributed by atoms with van der Waals surface area (Å²) in [5.74, 6) is -2.46. The average Bonchev–Trinajstić information content (AvgIpc) is 3.35. The van der Waals surface area contributed by atoms with Crippen LogP contribution in [0.3, 0.4) is 0 Å². The minimum atomic E-state index is -4.35. The number of esters is 1. The highest BCUT2D eigenvalue weighted by molar-refractivity contribution is 7.89. The summed E-state index contributed by atoms with van der Waals surface area (Å²) >= 11 is 0. The van der Waals surface area contributed by atoms with E-state index in [0.717, 1.165) is 11.1 Å². The van der Waals surface area contributed by atoms with Gasteiger partial charge in [-0.2, -0.15) is 4.72 Å². The van der Waals surface area contributed by atoms with Gasteiger partial charge < -0.3 is 35.3 Å². The van der Waals surface area contributed by atoms with Crippen LogP contribution in [0.25, 0.3) is 10.9 Å². The van der Waals surface area contributed by atoms with Crippen molar-refractivity contribution in [1.82, 2.24) is 49.5 Å². The first kappa shape index (κ1) is 66.9. The molecule has 0 saturated carbocycles. The maximum atomic E-state index is 14.1. The number of carbonyl (C=O) groups is 4. The molecule has 0 bridgehead atoms. The molecule has 1 aliphatic heterocycles. The van der Waals surface area contributed by atoms with E-state index in [0.29, 0.717) is 114 Å². The second-order valence-corrected chi connectivity index (χ2v) is 25.4. The number of carbonyl (C=O) groups excluding carboxylic acids is 3. The predicted molar refractivity (Wildman–Crippen MR) is 312 cm³/mol. The van der Waals surface area contributed by atoms with Crippen molar-refractivity contribution in [3.05, 3.63) is 87.0 Å². The Hall–Kier alpha value is -5.87. The highest BCUT2D eigenvalue weighted by Crippen LogP contribution is 2.23. The van der Waals surface area contributed by atoms with Gasteiger partial charge in [0.25, 0.3) is 5.91 Å².